The van der Waals surface area contributed by atoms with E-state index in [0.29, 0.717) is 5.92 Å². The smallest absolute Gasteiger partial charge is 0.121 e. The van der Waals surface area contributed by atoms with Crippen molar-refractivity contribution in [3.8, 4) is 5.75 Å². The van der Waals surface area contributed by atoms with E-state index in [1.165, 1.54) is 39.9 Å². The Balaban J connectivity index is 1.79. The fourth-order valence-corrected chi connectivity index (χ4v) is 4.58. The molecule has 2 aromatic rings. The Morgan fingerprint density at radius 1 is 1.08 bits per heavy atom. The van der Waals surface area contributed by atoms with Gasteiger partial charge in [0.15, 0.2) is 0 Å². The fourth-order valence-electron chi connectivity index (χ4n) is 4.58. The van der Waals surface area contributed by atoms with Gasteiger partial charge in [-0.05, 0) is 56.4 Å². The van der Waals surface area contributed by atoms with Gasteiger partial charge in [0.25, 0.3) is 0 Å². The summed E-state index contributed by atoms with van der Waals surface area (Å²) in [5.41, 5.74) is 7.71. The van der Waals surface area contributed by atoms with Crippen LogP contribution in [0.4, 0.5) is 5.69 Å². The van der Waals surface area contributed by atoms with Crippen LogP contribution in [0.3, 0.4) is 0 Å². The maximum absolute atomic E-state index is 6.28. The highest BCUT2D eigenvalue weighted by molar-refractivity contribution is 5.63. The molecule has 0 unspecified atom stereocenters. The van der Waals surface area contributed by atoms with Crippen molar-refractivity contribution in [3.63, 3.8) is 0 Å². The summed E-state index contributed by atoms with van der Waals surface area (Å²) in [4.78, 5) is 0. The summed E-state index contributed by atoms with van der Waals surface area (Å²) in [6.07, 6.45) is 2.52. The third kappa shape index (κ3) is 2.81. The molecule has 2 aliphatic rings. The maximum atomic E-state index is 6.28. The van der Waals surface area contributed by atoms with E-state index >= 15 is 0 Å². The van der Waals surface area contributed by atoms with E-state index in [4.69, 9.17) is 9.47 Å². The topological polar surface area (TPSA) is 30.5 Å². The van der Waals surface area contributed by atoms with E-state index in [0.717, 1.165) is 18.8 Å². The zero-order valence-electron chi connectivity index (χ0n) is 15.6. The molecule has 132 valence electrons. The number of hydrogen-bond acceptors (Lipinski definition) is 3. The van der Waals surface area contributed by atoms with Crippen molar-refractivity contribution in [3.05, 3.63) is 58.1 Å². The molecule has 2 aliphatic heterocycles. The minimum absolute atomic E-state index is 0.191. The first-order valence-electron chi connectivity index (χ1n) is 9.22. The van der Waals surface area contributed by atoms with Gasteiger partial charge in [0.1, 0.15) is 5.75 Å². The normalized spacial score (nSPS) is 24.9. The standard InChI is InChI=1S/C22H27NO2/c1-13-10-15(3)20-18(11-13)22-17(6-5-9-25-22)21(23-20)16-7-8-19(24-4)14(2)12-16/h7-8,10-12,17,21-23H,5-6,9H2,1-4H3/t17-,21-,22-/m0/s1. The van der Waals surface area contributed by atoms with Gasteiger partial charge in [-0.15, -0.1) is 0 Å². The number of rotatable bonds is 2. The van der Waals surface area contributed by atoms with Crippen LogP contribution in [0.5, 0.6) is 5.75 Å². The van der Waals surface area contributed by atoms with Gasteiger partial charge >= 0.3 is 0 Å². The summed E-state index contributed by atoms with van der Waals surface area (Å²) in [6.45, 7) is 7.34. The van der Waals surface area contributed by atoms with Crippen LogP contribution < -0.4 is 10.1 Å². The minimum Gasteiger partial charge on any atom is -0.496 e. The molecular weight excluding hydrogens is 310 g/mol. The van der Waals surface area contributed by atoms with E-state index < -0.39 is 0 Å². The second kappa shape index (κ2) is 6.38. The van der Waals surface area contributed by atoms with Gasteiger partial charge < -0.3 is 14.8 Å². The van der Waals surface area contributed by atoms with E-state index in [1.54, 1.807) is 7.11 Å². The average molecular weight is 337 g/mol. The molecule has 1 saturated heterocycles. The molecule has 0 aromatic heterocycles. The Kier molecular flexibility index (Phi) is 4.20. The van der Waals surface area contributed by atoms with Crippen LogP contribution in [0.15, 0.2) is 30.3 Å². The van der Waals surface area contributed by atoms with Crippen molar-refractivity contribution in [1.82, 2.24) is 0 Å². The van der Waals surface area contributed by atoms with Gasteiger partial charge in [0, 0.05) is 23.8 Å². The molecule has 3 atom stereocenters. The lowest BCUT2D eigenvalue weighted by atomic mass is 9.76. The van der Waals surface area contributed by atoms with Gasteiger partial charge in [-0.25, -0.2) is 0 Å². The third-order valence-electron chi connectivity index (χ3n) is 5.69. The van der Waals surface area contributed by atoms with Gasteiger partial charge in [0.05, 0.1) is 19.3 Å². The lowest BCUT2D eigenvalue weighted by molar-refractivity contribution is -0.0382. The summed E-state index contributed by atoms with van der Waals surface area (Å²) in [5, 5.41) is 3.85. The lowest BCUT2D eigenvalue weighted by Crippen LogP contribution is -2.36. The van der Waals surface area contributed by atoms with Crippen LogP contribution in [0.2, 0.25) is 0 Å². The van der Waals surface area contributed by atoms with Gasteiger partial charge in [-0.1, -0.05) is 29.8 Å². The lowest BCUT2D eigenvalue weighted by Gasteiger charge is -2.44. The fraction of sp³-hybridized carbons (Fsp3) is 0.455. The Bertz CT molecular complexity index is 799. The highest BCUT2D eigenvalue weighted by atomic mass is 16.5. The third-order valence-corrected chi connectivity index (χ3v) is 5.69. The van der Waals surface area contributed by atoms with Crippen LogP contribution >= 0.6 is 0 Å². The largest absolute Gasteiger partial charge is 0.496 e. The predicted octanol–water partition coefficient (Wildman–Crippen LogP) is 5.25. The molecule has 0 bridgehead atoms. The van der Waals surface area contributed by atoms with E-state index in [2.05, 4.69) is 56.4 Å². The molecule has 0 saturated carbocycles. The summed E-state index contributed by atoms with van der Waals surface area (Å²) >= 11 is 0. The summed E-state index contributed by atoms with van der Waals surface area (Å²) in [6, 6.07) is 11.4. The Hall–Kier alpha value is -2.00. The number of hydrogen-bond donors (Lipinski definition) is 1. The number of fused-ring (bicyclic) bond motifs is 3. The molecule has 0 amide bonds. The van der Waals surface area contributed by atoms with Crippen LogP contribution in [-0.4, -0.2) is 13.7 Å². The summed E-state index contributed by atoms with van der Waals surface area (Å²) in [5.74, 6) is 1.42. The predicted molar refractivity (Wildman–Crippen MR) is 101 cm³/mol. The maximum Gasteiger partial charge on any atom is 0.121 e. The molecule has 3 nitrogen and oxygen atoms in total. The molecule has 4 rings (SSSR count). The molecule has 0 aliphatic carbocycles. The van der Waals surface area contributed by atoms with Crippen molar-refractivity contribution in [2.24, 2.45) is 5.92 Å². The molecule has 25 heavy (non-hydrogen) atoms. The minimum atomic E-state index is 0.191. The van der Waals surface area contributed by atoms with Gasteiger partial charge in [-0.2, -0.15) is 0 Å². The van der Waals surface area contributed by atoms with Crippen LogP contribution in [0, 0.1) is 26.7 Å². The van der Waals surface area contributed by atoms with Crippen molar-refractivity contribution in [1.29, 1.82) is 0 Å². The highest BCUT2D eigenvalue weighted by Crippen LogP contribution is 2.50. The SMILES string of the molecule is COc1ccc([C@@H]2Nc3c(C)cc(C)cc3[C@H]3OCCC[C@H]32)cc1C. The van der Waals surface area contributed by atoms with E-state index in [1.807, 2.05) is 0 Å². The molecule has 1 fully saturated rings. The number of methoxy groups -OCH3 is 1. The first kappa shape index (κ1) is 16.5. The molecule has 2 aromatic carbocycles. The van der Waals surface area contributed by atoms with Gasteiger partial charge in [0.2, 0.25) is 0 Å². The van der Waals surface area contributed by atoms with E-state index in [-0.39, 0.29) is 12.1 Å². The van der Waals surface area contributed by atoms with Crippen molar-refractivity contribution in [2.75, 3.05) is 19.0 Å². The first-order chi connectivity index (χ1) is 12.1. The molecule has 0 spiro atoms. The Morgan fingerprint density at radius 2 is 1.92 bits per heavy atom. The molecule has 2 heterocycles. The number of nitrogens with one attached hydrogen (secondary N) is 1. The van der Waals surface area contributed by atoms with Crippen LogP contribution in [0.25, 0.3) is 0 Å². The quantitative estimate of drug-likeness (QED) is 0.811. The zero-order valence-corrected chi connectivity index (χ0v) is 15.6. The van der Waals surface area contributed by atoms with Gasteiger partial charge in [-0.3, -0.25) is 0 Å². The highest BCUT2D eigenvalue weighted by Gasteiger charge is 2.40. The molecule has 0 radical (unpaired) electrons. The number of benzene rings is 2. The second-order valence-electron chi connectivity index (χ2n) is 7.49. The average Bonchev–Trinajstić information content (AvgIpc) is 2.61. The Labute approximate surface area is 150 Å². The number of anilines is 1. The van der Waals surface area contributed by atoms with Crippen molar-refractivity contribution in [2.45, 2.75) is 45.8 Å². The monoisotopic (exact) mass is 337 g/mol. The van der Waals surface area contributed by atoms with Crippen molar-refractivity contribution < 1.29 is 9.47 Å². The molecular formula is C22H27NO2. The van der Waals surface area contributed by atoms with Crippen LogP contribution in [-0.2, 0) is 4.74 Å². The van der Waals surface area contributed by atoms with E-state index in [9.17, 15) is 0 Å². The van der Waals surface area contributed by atoms with Crippen molar-refractivity contribution >= 4 is 5.69 Å². The number of aryl methyl sites for hydroxylation is 3. The summed E-state index contributed by atoms with van der Waals surface area (Å²) in [7, 11) is 1.73. The first-order valence-corrected chi connectivity index (χ1v) is 9.22. The zero-order chi connectivity index (χ0) is 17.6. The summed E-state index contributed by atoms with van der Waals surface area (Å²) < 4.78 is 11.7. The second-order valence-corrected chi connectivity index (χ2v) is 7.49. The Morgan fingerprint density at radius 3 is 2.68 bits per heavy atom. The number of ether oxygens (including phenoxy) is 2. The molecule has 3 heteroatoms. The van der Waals surface area contributed by atoms with Crippen LogP contribution in [0.1, 0.15) is 52.8 Å². The molecule has 1 N–H and O–H groups in total.